The van der Waals surface area contributed by atoms with Gasteiger partial charge >= 0.3 is 0 Å². The minimum atomic E-state index is 0.193. The van der Waals surface area contributed by atoms with E-state index < -0.39 is 0 Å². The van der Waals surface area contributed by atoms with Crippen molar-refractivity contribution in [1.82, 2.24) is 20.6 Å². The van der Waals surface area contributed by atoms with Gasteiger partial charge in [0.1, 0.15) is 0 Å². The Morgan fingerprint density at radius 3 is 2.55 bits per heavy atom. The summed E-state index contributed by atoms with van der Waals surface area (Å²) in [7, 11) is 0. The molecule has 4 heteroatoms. The van der Waals surface area contributed by atoms with Gasteiger partial charge < -0.3 is 15.6 Å². The summed E-state index contributed by atoms with van der Waals surface area (Å²) in [5, 5.41) is 7.67. The van der Waals surface area contributed by atoms with Crippen LogP contribution in [0.1, 0.15) is 123 Å². The number of hydrogen-bond acceptors (Lipinski definition) is 3. The Balaban J connectivity index is 1.53. The first kappa shape index (κ1) is 24.7. The minimum absolute atomic E-state index is 0.193. The number of nitrogens with zero attached hydrogens (tertiary/aromatic N) is 1. The molecule has 3 heterocycles. The number of H-pyrrole nitrogens is 1. The van der Waals surface area contributed by atoms with E-state index in [4.69, 9.17) is 4.98 Å². The SMILES string of the molecule is C=C1CCC(c2nc[nH]c2C2CCCC(C)N2)C/C1=C/C(CC)C1CC(C)(C)NC(C)(C)C1. The van der Waals surface area contributed by atoms with Crippen LogP contribution >= 0.6 is 0 Å². The van der Waals surface area contributed by atoms with Gasteiger partial charge in [-0.05, 0) is 110 Å². The third-order valence-corrected chi connectivity index (χ3v) is 8.48. The van der Waals surface area contributed by atoms with Crippen LogP contribution in [0.5, 0.6) is 0 Å². The molecule has 0 radical (unpaired) electrons. The molecule has 1 aromatic rings. The molecule has 0 amide bonds. The summed E-state index contributed by atoms with van der Waals surface area (Å²) in [5.41, 5.74) is 5.89. The molecule has 4 rings (SSSR count). The summed E-state index contributed by atoms with van der Waals surface area (Å²) in [6.07, 6.45) is 15.4. The van der Waals surface area contributed by atoms with Crippen molar-refractivity contribution in [2.24, 2.45) is 11.8 Å². The fourth-order valence-corrected chi connectivity index (χ4v) is 7.28. The average molecular weight is 453 g/mol. The molecule has 4 atom stereocenters. The van der Waals surface area contributed by atoms with Crippen molar-refractivity contribution >= 4 is 0 Å². The first-order valence-electron chi connectivity index (χ1n) is 13.5. The predicted molar refractivity (Wildman–Crippen MR) is 139 cm³/mol. The molecule has 0 spiro atoms. The second-order valence-electron chi connectivity index (χ2n) is 12.6. The number of nitrogens with one attached hydrogen (secondary N) is 3. The molecule has 0 bridgehead atoms. The highest BCUT2D eigenvalue weighted by atomic mass is 15.0. The maximum atomic E-state index is 4.87. The van der Waals surface area contributed by atoms with Crippen LogP contribution in [0.4, 0.5) is 0 Å². The van der Waals surface area contributed by atoms with Gasteiger partial charge in [-0.1, -0.05) is 25.2 Å². The predicted octanol–water partition coefficient (Wildman–Crippen LogP) is 6.95. The molecule has 3 N–H and O–H groups in total. The van der Waals surface area contributed by atoms with Gasteiger partial charge in [-0.15, -0.1) is 0 Å². The van der Waals surface area contributed by atoms with Gasteiger partial charge in [0.05, 0.1) is 17.7 Å². The lowest BCUT2D eigenvalue weighted by Gasteiger charge is -2.48. The number of hydrogen-bond donors (Lipinski definition) is 3. The molecule has 1 saturated carbocycles. The minimum Gasteiger partial charge on any atom is -0.347 e. The monoisotopic (exact) mass is 452 g/mol. The lowest BCUT2D eigenvalue weighted by molar-refractivity contribution is 0.104. The third-order valence-electron chi connectivity index (χ3n) is 8.48. The van der Waals surface area contributed by atoms with E-state index >= 15 is 0 Å². The molecule has 33 heavy (non-hydrogen) atoms. The van der Waals surface area contributed by atoms with Crippen molar-refractivity contribution in [2.45, 2.75) is 128 Å². The number of aromatic nitrogens is 2. The topological polar surface area (TPSA) is 52.7 Å². The summed E-state index contributed by atoms with van der Waals surface area (Å²) in [5.74, 6) is 1.84. The number of imidazole rings is 1. The molecular formula is C29H48N4. The van der Waals surface area contributed by atoms with Crippen molar-refractivity contribution in [3.05, 3.63) is 41.5 Å². The zero-order valence-corrected chi connectivity index (χ0v) is 22.1. The first-order valence-corrected chi connectivity index (χ1v) is 13.5. The van der Waals surface area contributed by atoms with Crippen LogP contribution in [0.2, 0.25) is 0 Å². The Labute approximate surface area is 202 Å². The standard InChI is InChI=1S/C29H48N4/c1-8-21(24-16-28(4,5)33-29(6,7)17-24)14-23-15-22(13-12-19(23)2)26-27(31-18-30-26)25-11-9-10-20(3)32-25/h14,18,20-22,24-25,32-33H,2,8-13,15-17H2,1,3-7H3,(H,30,31)/b23-14-. The third kappa shape index (κ3) is 5.82. The molecule has 3 aliphatic rings. The van der Waals surface area contributed by atoms with Gasteiger partial charge in [-0.25, -0.2) is 4.98 Å². The quantitative estimate of drug-likeness (QED) is 0.453. The molecule has 2 saturated heterocycles. The van der Waals surface area contributed by atoms with Crippen LogP contribution in [0.3, 0.4) is 0 Å². The largest absolute Gasteiger partial charge is 0.347 e. The van der Waals surface area contributed by atoms with Crippen molar-refractivity contribution in [2.75, 3.05) is 0 Å². The highest BCUT2D eigenvalue weighted by molar-refractivity contribution is 5.36. The van der Waals surface area contributed by atoms with Gasteiger partial charge in [0.15, 0.2) is 0 Å². The normalized spacial score (nSPS) is 32.7. The molecule has 4 nitrogen and oxygen atoms in total. The fraction of sp³-hybridized carbons (Fsp3) is 0.759. The molecule has 1 aromatic heterocycles. The van der Waals surface area contributed by atoms with Crippen LogP contribution < -0.4 is 10.6 Å². The molecule has 1 aliphatic carbocycles. The summed E-state index contributed by atoms with van der Waals surface area (Å²) in [6.45, 7) is 18.7. The zero-order valence-electron chi connectivity index (χ0n) is 22.1. The van der Waals surface area contributed by atoms with E-state index in [9.17, 15) is 0 Å². The van der Waals surface area contributed by atoms with Gasteiger partial charge in [-0.3, -0.25) is 0 Å². The molecule has 2 aliphatic heterocycles. The summed E-state index contributed by atoms with van der Waals surface area (Å²) >= 11 is 0. The second-order valence-corrected chi connectivity index (χ2v) is 12.6. The molecule has 3 fully saturated rings. The Morgan fingerprint density at radius 1 is 1.15 bits per heavy atom. The first-order chi connectivity index (χ1) is 15.6. The number of piperidine rings is 2. The lowest BCUT2D eigenvalue weighted by Crippen LogP contribution is -2.58. The van der Waals surface area contributed by atoms with Crippen LogP contribution in [0.25, 0.3) is 0 Å². The maximum Gasteiger partial charge on any atom is 0.0925 e. The van der Waals surface area contributed by atoms with E-state index in [1.54, 1.807) is 0 Å². The Hall–Kier alpha value is -1.39. The van der Waals surface area contributed by atoms with Gasteiger partial charge in [0, 0.05) is 29.1 Å². The van der Waals surface area contributed by atoms with Crippen molar-refractivity contribution in [1.29, 1.82) is 0 Å². The summed E-state index contributed by atoms with van der Waals surface area (Å²) in [4.78, 5) is 8.38. The van der Waals surface area contributed by atoms with Gasteiger partial charge in [-0.2, -0.15) is 0 Å². The molecule has 0 aromatic carbocycles. The van der Waals surface area contributed by atoms with E-state index in [0.29, 0.717) is 23.9 Å². The maximum absolute atomic E-state index is 4.87. The fourth-order valence-electron chi connectivity index (χ4n) is 7.28. The van der Waals surface area contributed by atoms with Gasteiger partial charge in [0.25, 0.3) is 0 Å². The van der Waals surface area contributed by atoms with Crippen LogP contribution in [-0.2, 0) is 0 Å². The van der Waals surface area contributed by atoms with Crippen LogP contribution in [0, 0.1) is 11.8 Å². The van der Waals surface area contributed by atoms with E-state index in [1.807, 2.05) is 6.33 Å². The highest BCUT2D eigenvalue weighted by Gasteiger charge is 2.40. The Morgan fingerprint density at radius 2 is 1.88 bits per heavy atom. The van der Waals surface area contributed by atoms with Crippen LogP contribution in [-0.4, -0.2) is 27.1 Å². The van der Waals surface area contributed by atoms with E-state index in [2.05, 4.69) is 69.8 Å². The number of aromatic amines is 1. The molecule has 4 unspecified atom stereocenters. The van der Waals surface area contributed by atoms with E-state index in [0.717, 1.165) is 18.8 Å². The average Bonchev–Trinajstić information content (AvgIpc) is 3.21. The molecule has 184 valence electrons. The van der Waals surface area contributed by atoms with Crippen LogP contribution in [0.15, 0.2) is 30.1 Å². The second kappa shape index (κ2) is 9.70. The van der Waals surface area contributed by atoms with E-state index in [1.165, 1.54) is 67.5 Å². The number of rotatable bonds is 5. The molecular weight excluding hydrogens is 404 g/mol. The summed E-state index contributed by atoms with van der Waals surface area (Å²) in [6, 6.07) is 1.01. The van der Waals surface area contributed by atoms with Crippen molar-refractivity contribution < 1.29 is 0 Å². The number of allylic oxidation sites excluding steroid dienone is 3. The Kier molecular flexibility index (Phi) is 7.27. The zero-order chi connectivity index (χ0) is 23.8. The van der Waals surface area contributed by atoms with E-state index in [-0.39, 0.29) is 11.1 Å². The summed E-state index contributed by atoms with van der Waals surface area (Å²) < 4.78 is 0. The van der Waals surface area contributed by atoms with Gasteiger partial charge in [0.2, 0.25) is 0 Å². The van der Waals surface area contributed by atoms with Crippen molar-refractivity contribution in [3.63, 3.8) is 0 Å². The van der Waals surface area contributed by atoms with Crippen molar-refractivity contribution in [3.8, 4) is 0 Å². The lowest BCUT2D eigenvalue weighted by atomic mass is 9.69. The highest BCUT2D eigenvalue weighted by Crippen LogP contribution is 2.44. The Bertz CT molecular complexity index is 845. The smallest absolute Gasteiger partial charge is 0.0925 e.